The van der Waals surface area contributed by atoms with E-state index in [2.05, 4.69) is 13.0 Å². The Labute approximate surface area is 139 Å². The number of ether oxygens (including phenoxy) is 1. The summed E-state index contributed by atoms with van der Waals surface area (Å²) in [6.07, 6.45) is 4.84. The largest absolute Gasteiger partial charge is 0.365 e. The van der Waals surface area contributed by atoms with Gasteiger partial charge in [0.05, 0.1) is 11.0 Å². The zero-order chi connectivity index (χ0) is 16.0. The fourth-order valence-electron chi connectivity index (χ4n) is 3.91. The van der Waals surface area contributed by atoms with Crippen molar-refractivity contribution < 1.29 is 9.66 Å². The number of fused-ring (bicyclic) bond motifs is 3. The number of rotatable bonds is 2. The summed E-state index contributed by atoms with van der Waals surface area (Å²) < 4.78 is 6.44. The number of hydrogen-bond acceptors (Lipinski definition) is 4. The van der Waals surface area contributed by atoms with E-state index in [0.29, 0.717) is 5.92 Å². The molecule has 23 heavy (non-hydrogen) atoms. The summed E-state index contributed by atoms with van der Waals surface area (Å²) in [5, 5.41) is 11.1. The molecule has 0 bridgehead atoms. The van der Waals surface area contributed by atoms with Crippen molar-refractivity contribution in [1.82, 2.24) is 0 Å². The van der Waals surface area contributed by atoms with Crippen molar-refractivity contribution in [2.24, 2.45) is 0 Å². The molecule has 1 aliphatic heterocycles. The number of aryl methyl sites for hydroxylation is 1. The summed E-state index contributed by atoms with van der Waals surface area (Å²) in [6, 6.07) is 9.09. The molecule has 3 atom stereocenters. The van der Waals surface area contributed by atoms with Gasteiger partial charge in [-0.3, -0.25) is 10.1 Å². The van der Waals surface area contributed by atoms with Crippen molar-refractivity contribution in [2.75, 3.05) is 0 Å². The van der Waals surface area contributed by atoms with E-state index in [4.69, 9.17) is 4.74 Å². The number of non-ortho nitro benzene ring substituents is 1. The fraction of sp³-hybridized carbons (Fsp3) is 0.444. The quantitative estimate of drug-likeness (QED) is 0.568. The third-order valence-corrected chi connectivity index (χ3v) is 6.13. The van der Waals surface area contributed by atoms with Crippen LogP contribution in [-0.2, 0) is 4.74 Å². The molecule has 1 aromatic carbocycles. The fourth-order valence-corrected chi connectivity index (χ4v) is 5.15. The van der Waals surface area contributed by atoms with Gasteiger partial charge < -0.3 is 4.74 Å². The minimum atomic E-state index is -0.338. The molecule has 4 rings (SSSR count). The van der Waals surface area contributed by atoms with Gasteiger partial charge in [0.15, 0.2) is 0 Å². The number of benzene rings is 1. The number of hydrogen-bond donors (Lipinski definition) is 0. The maximum absolute atomic E-state index is 11.1. The van der Waals surface area contributed by atoms with Crippen LogP contribution in [0.25, 0.3) is 0 Å². The highest BCUT2D eigenvalue weighted by molar-refractivity contribution is 7.12. The van der Waals surface area contributed by atoms with E-state index in [1.54, 1.807) is 12.1 Å². The monoisotopic (exact) mass is 329 g/mol. The van der Waals surface area contributed by atoms with Gasteiger partial charge in [-0.2, -0.15) is 0 Å². The number of thiophene rings is 1. The van der Waals surface area contributed by atoms with E-state index in [1.165, 1.54) is 40.6 Å². The maximum atomic E-state index is 11.1. The third kappa shape index (κ3) is 2.58. The van der Waals surface area contributed by atoms with Crippen LogP contribution >= 0.6 is 11.3 Å². The van der Waals surface area contributed by atoms with Crippen molar-refractivity contribution in [3.05, 3.63) is 61.3 Å². The third-order valence-electron chi connectivity index (χ3n) is 4.93. The predicted octanol–water partition coefficient (Wildman–Crippen LogP) is 5.11. The molecule has 0 radical (unpaired) electrons. The van der Waals surface area contributed by atoms with E-state index >= 15 is 0 Å². The average Bonchev–Trinajstić information content (AvgIpc) is 2.96. The van der Waals surface area contributed by atoms with Crippen LogP contribution in [0, 0.1) is 17.0 Å². The zero-order valence-corrected chi connectivity index (χ0v) is 13.8. The molecule has 2 heterocycles. The first kappa shape index (κ1) is 14.8. The van der Waals surface area contributed by atoms with Gasteiger partial charge in [-0.25, -0.2) is 0 Å². The molecule has 2 aliphatic rings. The van der Waals surface area contributed by atoms with Crippen LogP contribution in [0.15, 0.2) is 30.3 Å². The van der Waals surface area contributed by atoms with Crippen molar-refractivity contribution in [2.45, 2.75) is 50.7 Å². The SMILES string of the molecule is Cc1cc2c(s1)[C@@H]1CCCC[C@H]1O[C@@H]2c1cccc([N+](=O)[O-])c1. The highest BCUT2D eigenvalue weighted by Gasteiger charge is 2.39. The lowest BCUT2D eigenvalue weighted by atomic mass is 9.80. The van der Waals surface area contributed by atoms with Gasteiger partial charge in [0.2, 0.25) is 0 Å². The van der Waals surface area contributed by atoms with Crippen LogP contribution < -0.4 is 0 Å². The Balaban J connectivity index is 1.79. The molecule has 1 fully saturated rings. The first-order valence-corrected chi connectivity index (χ1v) is 8.95. The first-order chi connectivity index (χ1) is 11.1. The molecule has 1 saturated carbocycles. The highest BCUT2D eigenvalue weighted by atomic mass is 32.1. The minimum absolute atomic E-state index is 0.130. The normalized spacial score (nSPS) is 26.4. The van der Waals surface area contributed by atoms with Crippen molar-refractivity contribution in [1.29, 1.82) is 0 Å². The van der Waals surface area contributed by atoms with Crippen LogP contribution in [0.1, 0.15) is 58.6 Å². The predicted molar refractivity (Wildman–Crippen MR) is 90.1 cm³/mol. The van der Waals surface area contributed by atoms with Crippen molar-refractivity contribution >= 4 is 17.0 Å². The molecular weight excluding hydrogens is 310 g/mol. The summed E-state index contributed by atoms with van der Waals surface area (Å²) in [7, 11) is 0. The molecule has 120 valence electrons. The number of nitro benzene ring substituents is 1. The van der Waals surface area contributed by atoms with E-state index in [9.17, 15) is 10.1 Å². The summed E-state index contributed by atoms with van der Waals surface area (Å²) >= 11 is 1.87. The summed E-state index contributed by atoms with van der Waals surface area (Å²) in [5.41, 5.74) is 2.24. The van der Waals surface area contributed by atoms with Crippen LogP contribution in [0.2, 0.25) is 0 Å². The average molecular weight is 329 g/mol. The molecule has 4 nitrogen and oxygen atoms in total. The Morgan fingerprint density at radius 1 is 1.26 bits per heavy atom. The van der Waals surface area contributed by atoms with Gasteiger partial charge in [-0.05, 0) is 37.0 Å². The Morgan fingerprint density at radius 2 is 2.09 bits per heavy atom. The lowest BCUT2D eigenvalue weighted by Gasteiger charge is -2.39. The molecule has 1 aliphatic carbocycles. The molecule has 0 saturated heterocycles. The second-order valence-electron chi connectivity index (χ2n) is 6.47. The molecule has 5 heteroatoms. The van der Waals surface area contributed by atoms with E-state index in [-0.39, 0.29) is 22.8 Å². The number of nitro groups is 1. The Morgan fingerprint density at radius 3 is 2.91 bits per heavy atom. The molecule has 0 spiro atoms. The highest BCUT2D eigenvalue weighted by Crippen LogP contribution is 2.50. The van der Waals surface area contributed by atoms with Gasteiger partial charge in [-0.15, -0.1) is 11.3 Å². The van der Waals surface area contributed by atoms with Crippen LogP contribution in [-0.4, -0.2) is 11.0 Å². The van der Waals surface area contributed by atoms with Crippen LogP contribution in [0.5, 0.6) is 0 Å². The standard InChI is InChI=1S/C18H19NO3S/c1-11-9-15-17(12-5-4-6-13(10-12)19(20)21)22-16-8-3-2-7-14(16)18(15)23-11/h4-6,9-10,14,16-17H,2-3,7-8H2,1H3/t14-,16-,17-/m1/s1. The summed E-state index contributed by atoms with van der Waals surface area (Å²) in [4.78, 5) is 13.5. The Bertz CT molecular complexity index is 754. The molecule has 0 N–H and O–H groups in total. The lowest BCUT2D eigenvalue weighted by molar-refractivity contribution is -0.385. The second-order valence-corrected chi connectivity index (χ2v) is 7.76. The summed E-state index contributed by atoms with van der Waals surface area (Å²) in [6.45, 7) is 2.13. The second kappa shape index (κ2) is 5.73. The Hall–Kier alpha value is -1.72. The Kier molecular flexibility index (Phi) is 3.70. The molecule has 0 amide bonds. The minimum Gasteiger partial charge on any atom is -0.365 e. The lowest BCUT2D eigenvalue weighted by Crippen LogP contribution is -2.32. The summed E-state index contributed by atoms with van der Waals surface area (Å²) in [5.74, 6) is 0.507. The smallest absolute Gasteiger partial charge is 0.269 e. The van der Waals surface area contributed by atoms with E-state index < -0.39 is 0 Å². The molecule has 0 unspecified atom stereocenters. The molecule has 2 aromatic rings. The van der Waals surface area contributed by atoms with Crippen LogP contribution in [0.4, 0.5) is 5.69 Å². The first-order valence-electron chi connectivity index (χ1n) is 8.13. The van der Waals surface area contributed by atoms with Gasteiger partial charge in [0.25, 0.3) is 5.69 Å². The van der Waals surface area contributed by atoms with Gasteiger partial charge in [0.1, 0.15) is 6.10 Å². The molecular formula is C18H19NO3S. The van der Waals surface area contributed by atoms with Crippen LogP contribution in [0.3, 0.4) is 0 Å². The van der Waals surface area contributed by atoms with Crippen molar-refractivity contribution in [3.8, 4) is 0 Å². The maximum Gasteiger partial charge on any atom is 0.269 e. The molecule has 1 aromatic heterocycles. The topological polar surface area (TPSA) is 52.4 Å². The van der Waals surface area contributed by atoms with Crippen molar-refractivity contribution in [3.63, 3.8) is 0 Å². The number of nitrogens with zero attached hydrogens (tertiary/aromatic N) is 1. The van der Waals surface area contributed by atoms with Gasteiger partial charge >= 0.3 is 0 Å². The van der Waals surface area contributed by atoms with Gasteiger partial charge in [-0.1, -0.05) is 25.0 Å². The van der Waals surface area contributed by atoms with E-state index in [0.717, 1.165) is 12.0 Å². The van der Waals surface area contributed by atoms with E-state index in [1.807, 2.05) is 17.4 Å². The zero-order valence-electron chi connectivity index (χ0n) is 13.0. The van der Waals surface area contributed by atoms with Gasteiger partial charge in [0, 0.05) is 27.8 Å².